The van der Waals surface area contributed by atoms with E-state index in [1.807, 2.05) is 13.8 Å². The number of nitrogens with zero attached hydrogens (tertiary/aromatic N) is 4. The minimum absolute atomic E-state index is 0.219. The van der Waals surface area contributed by atoms with Gasteiger partial charge in [-0.15, -0.1) is 0 Å². The van der Waals surface area contributed by atoms with Crippen molar-refractivity contribution < 1.29 is 13.8 Å². The highest BCUT2D eigenvalue weighted by molar-refractivity contribution is 5.19. The Balaban J connectivity index is 1.48. The average Bonchev–Trinajstić information content (AvgIpc) is 3.21. The molecule has 1 aliphatic heterocycles. The molecule has 2 aromatic rings. The van der Waals surface area contributed by atoms with Gasteiger partial charge in [-0.3, -0.25) is 4.90 Å². The third-order valence-electron chi connectivity index (χ3n) is 4.23. The molecule has 2 aromatic heterocycles. The maximum absolute atomic E-state index is 6.01. The van der Waals surface area contributed by atoms with Crippen LogP contribution < -0.4 is 0 Å². The molecule has 0 aliphatic carbocycles. The summed E-state index contributed by atoms with van der Waals surface area (Å²) >= 11 is 0. The van der Waals surface area contributed by atoms with E-state index in [1.165, 1.54) is 0 Å². The molecule has 0 aromatic carbocycles. The molecule has 126 valence electrons. The summed E-state index contributed by atoms with van der Waals surface area (Å²) in [7, 11) is 0. The summed E-state index contributed by atoms with van der Waals surface area (Å²) in [6.45, 7) is 11.1. The van der Waals surface area contributed by atoms with E-state index in [2.05, 4.69) is 34.0 Å². The summed E-state index contributed by atoms with van der Waals surface area (Å²) in [6, 6.07) is 0. The van der Waals surface area contributed by atoms with E-state index in [9.17, 15) is 0 Å². The number of ether oxygens (including phenoxy) is 1. The van der Waals surface area contributed by atoms with E-state index in [0.29, 0.717) is 19.0 Å². The van der Waals surface area contributed by atoms with Crippen molar-refractivity contribution in [2.24, 2.45) is 0 Å². The first-order valence-corrected chi connectivity index (χ1v) is 8.11. The summed E-state index contributed by atoms with van der Waals surface area (Å²) in [5.74, 6) is 2.58. The zero-order valence-corrected chi connectivity index (χ0v) is 14.2. The predicted octanol–water partition coefficient (Wildman–Crippen LogP) is 2.59. The van der Waals surface area contributed by atoms with Crippen LogP contribution in [-0.4, -0.2) is 39.4 Å². The van der Waals surface area contributed by atoms with Crippen LogP contribution in [0.15, 0.2) is 9.05 Å². The lowest BCUT2D eigenvalue weighted by atomic mass is 10.2. The molecule has 1 aliphatic rings. The Morgan fingerprint density at radius 2 is 2.09 bits per heavy atom. The van der Waals surface area contributed by atoms with E-state index in [4.69, 9.17) is 13.8 Å². The van der Waals surface area contributed by atoms with Gasteiger partial charge in [0, 0.05) is 24.6 Å². The second-order valence-corrected chi connectivity index (χ2v) is 6.46. The fourth-order valence-electron chi connectivity index (χ4n) is 2.74. The number of rotatable bonds is 6. The summed E-state index contributed by atoms with van der Waals surface area (Å²) in [6.07, 6.45) is 1.23. The molecule has 0 spiro atoms. The van der Waals surface area contributed by atoms with Gasteiger partial charge in [-0.25, -0.2) is 0 Å². The molecule has 23 heavy (non-hydrogen) atoms. The maximum atomic E-state index is 6.01. The first-order chi connectivity index (χ1) is 11.0. The normalized spacial score (nSPS) is 19.1. The summed E-state index contributed by atoms with van der Waals surface area (Å²) < 4.78 is 16.5. The van der Waals surface area contributed by atoms with Gasteiger partial charge in [0.1, 0.15) is 5.76 Å². The number of aromatic nitrogens is 3. The Hall–Kier alpha value is -1.73. The summed E-state index contributed by atoms with van der Waals surface area (Å²) in [5, 5.41) is 7.96. The van der Waals surface area contributed by atoms with Gasteiger partial charge in [0.05, 0.1) is 24.9 Å². The Morgan fingerprint density at radius 3 is 2.74 bits per heavy atom. The fraction of sp³-hybridized carbons (Fsp3) is 0.688. The van der Waals surface area contributed by atoms with E-state index in [-0.39, 0.29) is 12.0 Å². The topological polar surface area (TPSA) is 77.4 Å². The van der Waals surface area contributed by atoms with Gasteiger partial charge in [0.15, 0.2) is 5.82 Å². The van der Waals surface area contributed by atoms with Gasteiger partial charge < -0.3 is 13.8 Å². The Labute approximate surface area is 136 Å². The Kier molecular flexibility index (Phi) is 4.77. The molecule has 1 unspecified atom stereocenters. The van der Waals surface area contributed by atoms with Crippen molar-refractivity contribution in [1.29, 1.82) is 0 Å². The lowest BCUT2D eigenvalue weighted by Crippen LogP contribution is -2.23. The molecule has 0 bridgehead atoms. The van der Waals surface area contributed by atoms with Crippen molar-refractivity contribution in [2.45, 2.75) is 59.3 Å². The molecule has 0 radical (unpaired) electrons. The number of hydrogen-bond acceptors (Lipinski definition) is 7. The van der Waals surface area contributed by atoms with Crippen LogP contribution in [0.1, 0.15) is 54.9 Å². The second kappa shape index (κ2) is 6.80. The molecular weight excluding hydrogens is 296 g/mol. The largest absolute Gasteiger partial charge is 0.372 e. The Morgan fingerprint density at radius 1 is 1.26 bits per heavy atom. The molecule has 0 N–H and O–H groups in total. The molecule has 0 amide bonds. The van der Waals surface area contributed by atoms with Crippen LogP contribution in [0.4, 0.5) is 0 Å². The maximum Gasteiger partial charge on any atom is 0.240 e. The first kappa shape index (κ1) is 16.1. The number of hydrogen-bond donors (Lipinski definition) is 0. The molecule has 1 atom stereocenters. The van der Waals surface area contributed by atoms with E-state index < -0.39 is 0 Å². The molecular formula is C16H24N4O3. The lowest BCUT2D eigenvalue weighted by molar-refractivity contribution is 0.0446. The van der Waals surface area contributed by atoms with Crippen LogP contribution in [0.2, 0.25) is 0 Å². The minimum atomic E-state index is 0.219. The highest BCUT2D eigenvalue weighted by Gasteiger charge is 2.25. The summed E-state index contributed by atoms with van der Waals surface area (Å²) in [5.41, 5.74) is 1.96. The standard InChI is InChI=1S/C16H24N4O3/c1-10(2)16-17-15(23-19-16)8-20-6-5-13(7-20)21-9-14-11(3)18-22-12(14)4/h10,13H,5-9H2,1-4H3. The van der Waals surface area contributed by atoms with Gasteiger partial charge in [-0.1, -0.05) is 24.2 Å². The van der Waals surface area contributed by atoms with Gasteiger partial charge >= 0.3 is 0 Å². The van der Waals surface area contributed by atoms with Gasteiger partial charge in [0.2, 0.25) is 5.89 Å². The summed E-state index contributed by atoms with van der Waals surface area (Å²) in [4.78, 5) is 6.71. The van der Waals surface area contributed by atoms with Gasteiger partial charge in [-0.2, -0.15) is 4.98 Å². The van der Waals surface area contributed by atoms with Crippen molar-refractivity contribution >= 4 is 0 Å². The highest BCUT2D eigenvalue weighted by atomic mass is 16.5. The zero-order chi connectivity index (χ0) is 16.4. The molecule has 7 nitrogen and oxygen atoms in total. The van der Waals surface area contributed by atoms with Crippen LogP contribution in [0.5, 0.6) is 0 Å². The smallest absolute Gasteiger partial charge is 0.240 e. The van der Waals surface area contributed by atoms with Crippen molar-refractivity contribution in [3.05, 3.63) is 28.7 Å². The van der Waals surface area contributed by atoms with Crippen molar-refractivity contribution in [3.8, 4) is 0 Å². The molecule has 3 rings (SSSR count). The van der Waals surface area contributed by atoms with Crippen LogP contribution >= 0.6 is 0 Å². The molecule has 0 saturated carbocycles. The monoisotopic (exact) mass is 320 g/mol. The number of likely N-dealkylation sites (tertiary alicyclic amines) is 1. The third-order valence-corrected chi connectivity index (χ3v) is 4.23. The average molecular weight is 320 g/mol. The van der Waals surface area contributed by atoms with Gasteiger partial charge in [-0.05, 0) is 20.3 Å². The Bertz CT molecular complexity index is 630. The SMILES string of the molecule is Cc1noc(C)c1COC1CCN(Cc2nc(C(C)C)no2)C1. The zero-order valence-electron chi connectivity index (χ0n) is 14.2. The molecule has 7 heteroatoms. The highest BCUT2D eigenvalue weighted by Crippen LogP contribution is 2.20. The fourth-order valence-corrected chi connectivity index (χ4v) is 2.74. The molecule has 3 heterocycles. The molecule has 1 fully saturated rings. The van der Waals surface area contributed by atoms with Gasteiger partial charge in [0.25, 0.3) is 0 Å². The third kappa shape index (κ3) is 3.79. The molecule has 1 saturated heterocycles. The van der Waals surface area contributed by atoms with E-state index in [1.54, 1.807) is 0 Å². The van der Waals surface area contributed by atoms with Crippen LogP contribution in [0.25, 0.3) is 0 Å². The quantitative estimate of drug-likeness (QED) is 0.809. The van der Waals surface area contributed by atoms with Crippen LogP contribution in [-0.2, 0) is 17.9 Å². The van der Waals surface area contributed by atoms with E-state index in [0.717, 1.165) is 42.4 Å². The second-order valence-electron chi connectivity index (χ2n) is 6.46. The van der Waals surface area contributed by atoms with Crippen LogP contribution in [0, 0.1) is 13.8 Å². The predicted molar refractivity (Wildman–Crippen MR) is 82.8 cm³/mol. The van der Waals surface area contributed by atoms with Crippen LogP contribution in [0.3, 0.4) is 0 Å². The van der Waals surface area contributed by atoms with E-state index >= 15 is 0 Å². The number of aryl methyl sites for hydroxylation is 2. The first-order valence-electron chi connectivity index (χ1n) is 8.11. The lowest BCUT2D eigenvalue weighted by Gasteiger charge is -2.14. The van der Waals surface area contributed by atoms with Crippen molar-refractivity contribution in [3.63, 3.8) is 0 Å². The minimum Gasteiger partial charge on any atom is -0.372 e. The van der Waals surface area contributed by atoms with Crippen molar-refractivity contribution in [1.82, 2.24) is 20.2 Å². The van der Waals surface area contributed by atoms with Crippen molar-refractivity contribution in [2.75, 3.05) is 13.1 Å².